The van der Waals surface area contributed by atoms with Crippen LogP contribution in [-0.2, 0) is 0 Å². The van der Waals surface area contributed by atoms with E-state index in [-0.39, 0.29) is 5.91 Å². The van der Waals surface area contributed by atoms with E-state index in [2.05, 4.69) is 24.8 Å². The SMILES string of the molecule is CCN(CC)CCN(C(=O)c1ccc2ccccc2c1)c1nc2cc(OC)ccc2s1. The summed E-state index contributed by atoms with van der Waals surface area (Å²) in [5, 5.41) is 2.90. The second-order valence-electron chi connectivity index (χ2n) is 7.38. The number of anilines is 1. The van der Waals surface area contributed by atoms with E-state index in [9.17, 15) is 4.79 Å². The number of hydrogen-bond donors (Lipinski definition) is 0. The quantitative estimate of drug-likeness (QED) is 0.371. The Labute approximate surface area is 186 Å². The maximum absolute atomic E-state index is 13.6. The molecule has 1 amide bonds. The van der Waals surface area contributed by atoms with E-state index in [1.54, 1.807) is 7.11 Å². The van der Waals surface area contributed by atoms with Crippen LogP contribution in [-0.4, -0.2) is 49.1 Å². The molecule has 0 N–H and O–H groups in total. The molecule has 5 nitrogen and oxygen atoms in total. The molecule has 0 aliphatic rings. The topological polar surface area (TPSA) is 45.7 Å². The molecule has 0 fully saturated rings. The number of benzene rings is 3. The average Bonchev–Trinajstić information content (AvgIpc) is 3.24. The van der Waals surface area contributed by atoms with Crippen molar-refractivity contribution in [1.29, 1.82) is 0 Å². The lowest BCUT2D eigenvalue weighted by molar-refractivity contribution is 0.0984. The van der Waals surface area contributed by atoms with E-state index in [0.29, 0.717) is 17.2 Å². The molecule has 31 heavy (non-hydrogen) atoms. The normalized spacial score (nSPS) is 11.4. The van der Waals surface area contributed by atoms with Crippen molar-refractivity contribution in [1.82, 2.24) is 9.88 Å². The van der Waals surface area contributed by atoms with E-state index in [0.717, 1.165) is 46.4 Å². The van der Waals surface area contributed by atoms with Crippen molar-refractivity contribution in [3.8, 4) is 5.75 Å². The van der Waals surface area contributed by atoms with Crippen LogP contribution in [0.15, 0.2) is 60.7 Å². The number of methoxy groups -OCH3 is 1. The third kappa shape index (κ3) is 4.55. The Balaban J connectivity index is 1.71. The van der Waals surface area contributed by atoms with Crippen molar-refractivity contribution in [2.75, 3.05) is 38.2 Å². The van der Waals surface area contributed by atoms with Gasteiger partial charge in [0.25, 0.3) is 5.91 Å². The van der Waals surface area contributed by atoms with Crippen LogP contribution in [0.4, 0.5) is 5.13 Å². The zero-order valence-electron chi connectivity index (χ0n) is 18.2. The number of fused-ring (bicyclic) bond motifs is 2. The highest BCUT2D eigenvalue weighted by atomic mass is 32.1. The standard InChI is InChI=1S/C25H27N3O2S/c1-4-27(5-2)14-15-28(25-26-22-17-21(30-3)12-13-23(22)31-25)24(29)20-11-10-18-8-6-7-9-19(18)16-20/h6-13,16-17H,4-5,14-15H2,1-3H3. The highest BCUT2D eigenvalue weighted by Gasteiger charge is 2.22. The molecular formula is C25H27N3O2S. The lowest BCUT2D eigenvalue weighted by Crippen LogP contribution is -2.38. The summed E-state index contributed by atoms with van der Waals surface area (Å²) in [5.74, 6) is 0.740. The highest BCUT2D eigenvalue weighted by Crippen LogP contribution is 2.32. The Morgan fingerprint density at radius 1 is 0.968 bits per heavy atom. The molecule has 1 aromatic heterocycles. The Hall–Kier alpha value is -2.96. The fraction of sp³-hybridized carbons (Fsp3) is 0.280. The van der Waals surface area contributed by atoms with Gasteiger partial charge in [-0.1, -0.05) is 55.5 Å². The molecule has 3 aromatic carbocycles. The van der Waals surface area contributed by atoms with Gasteiger partial charge in [-0.15, -0.1) is 0 Å². The first-order valence-corrected chi connectivity index (χ1v) is 11.4. The van der Waals surface area contributed by atoms with Crippen molar-refractivity contribution >= 4 is 43.4 Å². The molecule has 4 rings (SSSR count). The van der Waals surface area contributed by atoms with E-state index >= 15 is 0 Å². The molecule has 0 spiro atoms. The minimum atomic E-state index is -0.0241. The molecule has 0 atom stereocenters. The van der Waals surface area contributed by atoms with Crippen LogP contribution in [0, 0.1) is 0 Å². The van der Waals surface area contributed by atoms with Crippen molar-refractivity contribution in [2.45, 2.75) is 13.8 Å². The first-order chi connectivity index (χ1) is 15.1. The number of aromatic nitrogens is 1. The van der Waals surface area contributed by atoms with Gasteiger partial charge in [-0.05, 0) is 48.1 Å². The number of carbonyl (C=O) groups excluding carboxylic acids is 1. The average molecular weight is 434 g/mol. The van der Waals surface area contributed by atoms with E-state index in [1.165, 1.54) is 11.3 Å². The number of ether oxygens (including phenoxy) is 1. The molecule has 4 aromatic rings. The zero-order valence-corrected chi connectivity index (χ0v) is 19.0. The monoisotopic (exact) mass is 433 g/mol. The molecule has 160 valence electrons. The van der Waals surface area contributed by atoms with Crippen LogP contribution in [0.3, 0.4) is 0 Å². The lowest BCUT2D eigenvalue weighted by Gasteiger charge is -2.24. The fourth-order valence-corrected chi connectivity index (χ4v) is 4.65. The number of carbonyl (C=O) groups is 1. The van der Waals surface area contributed by atoms with Gasteiger partial charge in [0.15, 0.2) is 5.13 Å². The van der Waals surface area contributed by atoms with Crippen LogP contribution < -0.4 is 9.64 Å². The van der Waals surface area contributed by atoms with Crippen LogP contribution in [0.5, 0.6) is 5.75 Å². The van der Waals surface area contributed by atoms with Gasteiger partial charge in [0, 0.05) is 24.7 Å². The van der Waals surface area contributed by atoms with Gasteiger partial charge >= 0.3 is 0 Å². The molecule has 0 saturated carbocycles. The summed E-state index contributed by atoms with van der Waals surface area (Å²) in [5.41, 5.74) is 1.52. The molecule has 1 heterocycles. The van der Waals surface area contributed by atoms with E-state index in [4.69, 9.17) is 9.72 Å². The second kappa shape index (κ2) is 9.45. The summed E-state index contributed by atoms with van der Waals surface area (Å²) in [6.07, 6.45) is 0. The Morgan fingerprint density at radius 2 is 1.74 bits per heavy atom. The predicted octanol–water partition coefficient (Wildman–Crippen LogP) is 5.45. The van der Waals surface area contributed by atoms with Crippen molar-refractivity contribution < 1.29 is 9.53 Å². The first-order valence-electron chi connectivity index (χ1n) is 10.6. The molecule has 0 aliphatic carbocycles. The van der Waals surface area contributed by atoms with Gasteiger partial charge in [-0.3, -0.25) is 9.69 Å². The molecule has 0 aliphatic heterocycles. The number of nitrogens with zero attached hydrogens (tertiary/aromatic N) is 3. The summed E-state index contributed by atoms with van der Waals surface area (Å²) in [6, 6.07) is 19.8. The summed E-state index contributed by atoms with van der Waals surface area (Å²) >= 11 is 1.54. The maximum Gasteiger partial charge on any atom is 0.260 e. The molecule has 0 bridgehead atoms. The number of thiazole rings is 1. The van der Waals surface area contributed by atoms with E-state index in [1.807, 2.05) is 59.5 Å². The number of hydrogen-bond acceptors (Lipinski definition) is 5. The third-order valence-electron chi connectivity index (χ3n) is 5.59. The molecule has 0 radical (unpaired) electrons. The predicted molar refractivity (Wildman–Crippen MR) is 130 cm³/mol. The Kier molecular flexibility index (Phi) is 6.49. The summed E-state index contributed by atoms with van der Waals surface area (Å²) in [6.45, 7) is 7.57. The highest BCUT2D eigenvalue weighted by molar-refractivity contribution is 7.22. The zero-order chi connectivity index (χ0) is 21.8. The van der Waals surface area contributed by atoms with E-state index < -0.39 is 0 Å². The van der Waals surface area contributed by atoms with Gasteiger partial charge in [-0.2, -0.15) is 0 Å². The third-order valence-corrected chi connectivity index (χ3v) is 6.65. The molecule has 0 saturated heterocycles. The van der Waals surface area contributed by atoms with Gasteiger partial charge in [0.05, 0.1) is 17.3 Å². The van der Waals surface area contributed by atoms with Crippen molar-refractivity contribution in [3.63, 3.8) is 0 Å². The minimum Gasteiger partial charge on any atom is -0.497 e. The molecule has 6 heteroatoms. The molecular weight excluding hydrogens is 406 g/mol. The van der Waals surface area contributed by atoms with Gasteiger partial charge < -0.3 is 9.64 Å². The number of likely N-dealkylation sites (N-methyl/N-ethyl adjacent to an activating group) is 1. The summed E-state index contributed by atoms with van der Waals surface area (Å²) < 4.78 is 6.37. The second-order valence-corrected chi connectivity index (χ2v) is 8.38. The van der Waals surface area contributed by atoms with Gasteiger partial charge in [0.2, 0.25) is 0 Å². The minimum absolute atomic E-state index is 0.0241. The van der Waals surface area contributed by atoms with Gasteiger partial charge in [0.1, 0.15) is 5.75 Å². The largest absolute Gasteiger partial charge is 0.497 e. The van der Waals surface area contributed by atoms with Crippen molar-refractivity contribution in [2.24, 2.45) is 0 Å². The number of rotatable bonds is 8. The lowest BCUT2D eigenvalue weighted by atomic mass is 10.1. The van der Waals surface area contributed by atoms with Crippen LogP contribution in [0.1, 0.15) is 24.2 Å². The van der Waals surface area contributed by atoms with Crippen LogP contribution >= 0.6 is 11.3 Å². The fourth-order valence-electron chi connectivity index (χ4n) is 3.68. The van der Waals surface area contributed by atoms with Crippen LogP contribution in [0.2, 0.25) is 0 Å². The Bertz CT molecular complexity index is 1200. The first kappa shape index (κ1) is 21.3. The van der Waals surface area contributed by atoms with Crippen molar-refractivity contribution in [3.05, 3.63) is 66.2 Å². The summed E-state index contributed by atoms with van der Waals surface area (Å²) in [4.78, 5) is 22.5. The van der Waals surface area contributed by atoms with Crippen LogP contribution in [0.25, 0.3) is 21.0 Å². The van der Waals surface area contributed by atoms with Gasteiger partial charge in [-0.25, -0.2) is 4.98 Å². The maximum atomic E-state index is 13.6. The molecule has 0 unspecified atom stereocenters. The Morgan fingerprint density at radius 3 is 2.48 bits per heavy atom. The summed E-state index contributed by atoms with van der Waals surface area (Å²) in [7, 11) is 1.65. The number of amides is 1. The smallest absolute Gasteiger partial charge is 0.260 e.